The van der Waals surface area contributed by atoms with Crippen LogP contribution >= 0.6 is 0 Å². The summed E-state index contributed by atoms with van der Waals surface area (Å²) in [5.41, 5.74) is 0.211. The van der Waals surface area contributed by atoms with E-state index in [4.69, 9.17) is 14.2 Å². The number of ether oxygens (including phenoxy) is 3. The number of rotatable bonds is 4. The molecule has 0 amide bonds. The predicted octanol–water partition coefficient (Wildman–Crippen LogP) is 1.41. The van der Waals surface area contributed by atoms with Crippen LogP contribution < -0.4 is 14.2 Å². The molecule has 0 unspecified atom stereocenters. The first-order valence-corrected chi connectivity index (χ1v) is 5.26. The van der Waals surface area contributed by atoms with Gasteiger partial charge in [-0.2, -0.15) is 8.42 Å². The van der Waals surface area contributed by atoms with Gasteiger partial charge in [-0.25, -0.2) is 0 Å². The molecule has 88 valence electrons. The minimum Gasteiger partial charge on any atom is -0.493 e. The minimum absolute atomic E-state index is 0.211. The molecule has 0 aromatic heterocycles. The Morgan fingerprint density at radius 1 is 1.00 bits per heavy atom. The molecule has 1 aromatic carbocycles. The molecule has 0 N–H and O–H groups in total. The van der Waals surface area contributed by atoms with Crippen LogP contribution in [0.3, 0.4) is 0 Å². The zero-order valence-corrected chi connectivity index (χ0v) is 9.87. The molecule has 16 heavy (non-hydrogen) atoms. The lowest BCUT2D eigenvalue weighted by Crippen LogP contribution is -1.94. The van der Waals surface area contributed by atoms with E-state index in [1.165, 1.54) is 33.5 Å². The van der Waals surface area contributed by atoms with Gasteiger partial charge in [0.1, 0.15) is 0 Å². The van der Waals surface area contributed by atoms with Crippen LogP contribution in [0.4, 0.5) is 5.69 Å². The summed E-state index contributed by atoms with van der Waals surface area (Å²) in [6.45, 7) is 0. The van der Waals surface area contributed by atoms with Crippen molar-refractivity contribution in [1.82, 2.24) is 0 Å². The first-order chi connectivity index (χ1) is 7.62. The Balaban J connectivity index is 3.42. The maximum atomic E-state index is 10.4. The van der Waals surface area contributed by atoms with Gasteiger partial charge >= 0.3 is 10.5 Å². The predicted molar refractivity (Wildman–Crippen MR) is 57.1 cm³/mol. The summed E-state index contributed by atoms with van der Waals surface area (Å²) in [6, 6.07) is 2.88. The monoisotopic (exact) mass is 245 g/mol. The summed E-state index contributed by atoms with van der Waals surface area (Å²) in [4.78, 5) is 0. The van der Waals surface area contributed by atoms with Gasteiger partial charge in [0.05, 0.1) is 27.0 Å². The minimum atomic E-state index is -2.52. The van der Waals surface area contributed by atoms with Crippen LogP contribution in [0.1, 0.15) is 0 Å². The molecule has 7 heteroatoms. The Labute approximate surface area is 94.5 Å². The van der Waals surface area contributed by atoms with E-state index in [0.29, 0.717) is 17.2 Å². The summed E-state index contributed by atoms with van der Waals surface area (Å²) in [6.07, 6.45) is 0. The van der Waals surface area contributed by atoms with Crippen molar-refractivity contribution in [3.05, 3.63) is 12.1 Å². The van der Waals surface area contributed by atoms with Gasteiger partial charge in [0.15, 0.2) is 11.5 Å². The molecule has 0 radical (unpaired) electrons. The average Bonchev–Trinajstić information content (AvgIpc) is 2.26. The lowest BCUT2D eigenvalue weighted by atomic mass is 10.2. The molecular formula is C9H11NO5S. The van der Waals surface area contributed by atoms with Crippen LogP contribution in [-0.4, -0.2) is 29.7 Å². The molecule has 0 atom stereocenters. The van der Waals surface area contributed by atoms with Crippen LogP contribution in [0, 0.1) is 0 Å². The molecule has 0 bridgehead atoms. The van der Waals surface area contributed by atoms with Crippen LogP contribution in [0.2, 0.25) is 0 Å². The fraction of sp³-hybridized carbons (Fsp3) is 0.333. The molecule has 0 aliphatic carbocycles. The largest absolute Gasteiger partial charge is 0.493 e. The SMILES string of the molecule is COc1cc(N=S(=O)=O)cc(OC)c1OC. The highest BCUT2D eigenvalue weighted by atomic mass is 32.2. The molecule has 0 fully saturated rings. The lowest BCUT2D eigenvalue weighted by Gasteiger charge is -2.11. The first-order valence-electron chi connectivity index (χ1n) is 4.23. The van der Waals surface area contributed by atoms with E-state index in [-0.39, 0.29) is 5.69 Å². The van der Waals surface area contributed by atoms with Crippen molar-refractivity contribution in [1.29, 1.82) is 0 Å². The molecule has 1 rings (SSSR count). The van der Waals surface area contributed by atoms with E-state index >= 15 is 0 Å². The second-order valence-corrected chi connectivity index (χ2v) is 3.31. The Kier molecular flexibility index (Phi) is 4.12. The van der Waals surface area contributed by atoms with Gasteiger partial charge in [-0.05, 0) is 0 Å². The molecule has 1 aromatic rings. The van der Waals surface area contributed by atoms with Gasteiger partial charge in [-0.3, -0.25) is 0 Å². The van der Waals surface area contributed by atoms with E-state index < -0.39 is 10.5 Å². The van der Waals surface area contributed by atoms with Crippen molar-refractivity contribution in [2.45, 2.75) is 0 Å². The van der Waals surface area contributed by atoms with Gasteiger partial charge < -0.3 is 14.2 Å². The van der Waals surface area contributed by atoms with Crippen molar-refractivity contribution in [2.24, 2.45) is 4.36 Å². The summed E-state index contributed by atoms with van der Waals surface area (Å²) in [5.74, 6) is 1.10. The van der Waals surface area contributed by atoms with Crippen LogP contribution in [0.5, 0.6) is 17.2 Å². The molecule has 0 saturated heterocycles. The summed E-state index contributed by atoms with van der Waals surface area (Å²) in [7, 11) is 1.82. The molecule has 0 aliphatic rings. The number of methoxy groups -OCH3 is 3. The van der Waals surface area contributed by atoms with Crippen LogP contribution in [-0.2, 0) is 10.5 Å². The molecular weight excluding hydrogens is 234 g/mol. The lowest BCUT2D eigenvalue weighted by molar-refractivity contribution is 0.324. The van der Waals surface area contributed by atoms with Crippen LogP contribution in [0.15, 0.2) is 16.5 Å². The summed E-state index contributed by atoms with van der Waals surface area (Å²) < 4.78 is 39.4. The van der Waals surface area contributed by atoms with E-state index in [1.54, 1.807) is 0 Å². The van der Waals surface area contributed by atoms with Gasteiger partial charge in [-0.1, -0.05) is 0 Å². The fourth-order valence-electron chi connectivity index (χ4n) is 1.21. The topological polar surface area (TPSA) is 74.2 Å². The smallest absolute Gasteiger partial charge is 0.316 e. The van der Waals surface area contributed by atoms with E-state index in [2.05, 4.69) is 4.36 Å². The third kappa shape index (κ3) is 2.63. The maximum Gasteiger partial charge on any atom is 0.316 e. The number of hydrogen-bond donors (Lipinski definition) is 0. The average molecular weight is 245 g/mol. The molecule has 0 aliphatic heterocycles. The van der Waals surface area contributed by atoms with E-state index in [9.17, 15) is 8.42 Å². The van der Waals surface area contributed by atoms with Gasteiger partial charge in [-0.15, -0.1) is 4.36 Å². The van der Waals surface area contributed by atoms with Crippen molar-refractivity contribution in [3.63, 3.8) is 0 Å². The molecule has 0 heterocycles. The molecule has 0 spiro atoms. The highest BCUT2D eigenvalue weighted by Crippen LogP contribution is 2.40. The zero-order chi connectivity index (χ0) is 12.1. The molecule has 6 nitrogen and oxygen atoms in total. The maximum absolute atomic E-state index is 10.4. The Morgan fingerprint density at radius 2 is 1.50 bits per heavy atom. The highest BCUT2D eigenvalue weighted by Gasteiger charge is 2.12. The zero-order valence-electron chi connectivity index (χ0n) is 9.05. The molecule has 0 saturated carbocycles. The highest BCUT2D eigenvalue weighted by molar-refractivity contribution is 7.61. The summed E-state index contributed by atoms with van der Waals surface area (Å²) in [5, 5.41) is 0. The number of benzene rings is 1. The van der Waals surface area contributed by atoms with Crippen molar-refractivity contribution >= 4 is 16.2 Å². The van der Waals surface area contributed by atoms with E-state index in [1.807, 2.05) is 0 Å². The quantitative estimate of drug-likeness (QED) is 0.801. The second kappa shape index (κ2) is 5.36. The van der Waals surface area contributed by atoms with Crippen molar-refractivity contribution in [2.75, 3.05) is 21.3 Å². The van der Waals surface area contributed by atoms with E-state index in [0.717, 1.165) is 0 Å². The third-order valence-corrected chi connectivity index (χ3v) is 2.19. The Morgan fingerprint density at radius 3 is 1.81 bits per heavy atom. The number of hydrogen-bond acceptors (Lipinski definition) is 6. The second-order valence-electron chi connectivity index (χ2n) is 2.69. The standard InChI is InChI=1S/C9H11NO5S/c1-13-7-4-6(10-16(11)12)5-8(14-2)9(7)15-3/h4-5H,1-3H3. The van der Waals surface area contributed by atoms with Crippen molar-refractivity contribution < 1.29 is 22.6 Å². The fourth-order valence-corrected chi connectivity index (χ4v) is 1.48. The van der Waals surface area contributed by atoms with Crippen molar-refractivity contribution in [3.8, 4) is 17.2 Å². The Hall–Kier alpha value is -1.76. The van der Waals surface area contributed by atoms with Crippen LogP contribution in [0.25, 0.3) is 0 Å². The number of nitrogens with zero attached hydrogens (tertiary/aromatic N) is 1. The Bertz CT molecular complexity index is 476. The van der Waals surface area contributed by atoms with Gasteiger partial charge in [0.25, 0.3) is 0 Å². The van der Waals surface area contributed by atoms with Gasteiger partial charge in [0, 0.05) is 12.1 Å². The third-order valence-electron chi connectivity index (χ3n) is 1.83. The van der Waals surface area contributed by atoms with Gasteiger partial charge in [0.2, 0.25) is 5.75 Å². The summed E-state index contributed by atoms with van der Waals surface area (Å²) >= 11 is 0. The first kappa shape index (κ1) is 12.3. The normalized spacial score (nSPS) is 9.44.